The first-order valence-corrected chi connectivity index (χ1v) is 8.60. The van der Waals surface area contributed by atoms with Crippen LogP contribution in [-0.4, -0.2) is 34.3 Å². The van der Waals surface area contributed by atoms with Gasteiger partial charge in [0.05, 0.1) is 15.7 Å². The molecule has 0 saturated carbocycles. The van der Waals surface area contributed by atoms with Gasteiger partial charge in [0, 0.05) is 35.0 Å². The zero-order valence-corrected chi connectivity index (χ0v) is 13.6. The number of amides is 1. The molecule has 0 spiro atoms. The summed E-state index contributed by atoms with van der Waals surface area (Å²) >= 11 is 12.0. The van der Waals surface area contributed by atoms with Crippen LogP contribution >= 0.6 is 23.2 Å². The van der Waals surface area contributed by atoms with E-state index in [-0.39, 0.29) is 27.0 Å². The fourth-order valence-corrected chi connectivity index (χ4v) is 3.96. The molecule has 1 amide bonds. The van der Waals surface area contributed by atoms with E-state index in [0.717, 1.165) is 0 Å². The molecule has 1 aliphatic rings. The maximum absolute atomic E-state index is 12.1. The van der Waals surface area contributed by atoms with Crippen LogP contribution in [0.5, 0.6) is 0 Å². The Bertz CT molecular complexity index is 539. The van der Waals surface area contributed by atoms with Crippen LogP contribution in [0.4, 0.5) is 11.4 Å². The van der Waals surface area contributed by atoms with Gasteiger partial charge in [-0.3, -0.25) is 9.00 Å². The Kier molecular flexibility index (Phi) is 5.87. The molecule has 0 radical (unpaired) electrons. The Hall–Kier alpha value is -0.820. The third-order valence-electron chi connectivity index (χ3n) is 3.14. The predicted molar refractivity (Wildman–Crippen MR) is 86.4 cm³/mol. The Morgan fingerprint density at radius 1 is 1.33 bits per heavy atom. The number of nitrogens with two attached hydrogens (primary N) is 1. The monoisotopic (exact) mass is 350 g/mol. The molecule has 1 aliphatic heterocycles. The number of benzene rings is 1. The number of carbonyl (C=O) groups excluding carboxylic acids is 1. The van der Waals surface area contributed by atoms with Crippen LogP contribution in [0.3, 0.4) is 0 Å². The summed E-state index contributed by atoms with van der Waals surface area (Å²) in [5.74, 6) is -0.463. The maximum atomic E-state index is 12.1. The molecule has 3 N–H and O–H groups in total. The van der Waals surface area contributed by atoms with Crippen molar-refractivity contribution in [3.63, 3.8) is 0 Å². The van der Waals surface area contributed by atoms with Crippen molar-refractivity contribution in [2.75, 3.05) is 30.0 Å². The van der Waals surface area contributed by atoms with Crippen molar-refractivity contribution in [3.05, 3.63) is 22.2 Å². The molecule has 5 nitrogen and oxygen atoms in total. The summed E-state index contributed by atoms with van der Waals surface area (Å²) in [6, 6.07) is 3.00. The van der Waals surface area contributed by atoms with E-state index < -0.39 is 10.8 Å². The van der Waals surface area contributed by atoms with Gasteiger partial charge in [0.25, 0.3) is 0 Å². The fourth-order valence-electron chi connectivity index (χ4n) is 2.07. The Morgan fingerprint density at radius 3 is 2.48 bits per heavy atom. The minimum atomic E-state index is -1.23. The quantitative estimate of drug-likeness (QED) is 0.817. The summed E-state index contributed by atoms with van der Waals surface area (Å²) in [6.07, 6.45) is 1.42. The predicted octanol–water partition coefficient (Wildman–Crippen LogP) is 2.44. The van der Waals surface area contributed by atoms with Crippen LogP contribution in [0.25, 0.3) is 0 Å². The van der Waals surface area contributed by atoms with E-state index in [1.807, 2.05) is 0 Å². The molecule has 1 aromatic carbocycles. The first-order valence-electron chi connectivity index (χ1n) is 6.46. The van der Waals surface area contributed by atoms with E-state index >= 15 is 0 Å². The second-order valence-electron chi connectivity index (χ2n) is 4.74. The molecule has 1 fully saturated rings. The number of halogens is 2. The fraction of sp³-hybridized carbons (Fsp3) is 0.462. The highest BCUT2D eigenvalue weighted by Crippen LogP contribution is 2.32. The van der Waals surface area contributed by atoms with Crippen LogP contribution in [0.2, 0.25) is 10.0 Å². The number of rotatable bonds is 4. The lowest BCUT2D eigenvalue weighted by molar-refractivity contribution is -0.113. The van der Waals surface area contributed by atoms with Gasteiger partial charge in [-0.05, 0) is 25.0 Å². The lowest BCUT2D eigenvalue weighted by Crippen LogP contribution is -2.30. The van der Waals surface area contributed by atoms with Crippen LogP contribution < -0.4 is 11.1 Å². The molecule has 1 aromatic rings. The standard InChI is InChI=1S/C13H16Cl2N2O3S/c14-10-5-8(16)6-11(15)13(10)17-12(18)7-21(19)9-1-3-20-4-2-9/h5-6,9H,1-4,7,16H2,(H,17,18). The molecule has 1 atom stereocenters. The topological polar surface area (TPSA) is 81.4 Å². The van der Waals surface area contributed by atoms with E-state index in [2.05, 4.69) is 5.32 Å². The highest BCUT2D eigenvalue weighted by molar-refractivity contribution is 7.86. The van der Waals surface area contributed by atoms with E-state index in [1.165, 1.54) is 12.1 Å². The average Bonchev–Trinajstić information content (AvgIpc) is 2.43. The van der Waals surface area contributed by atoms with E-state index in [4.69, 9.17) is 33.7 Å². The molecular weight excluding hydrogens is 335 g/mol. The SMILES string of the molecule is Nc1cc(Cl)c(NC(=O)CS(=O)C2CCOCC2)c(Cl)c1. The van der Waals surface area contributed by atoms with Crippen molar-refractivity contribution in [2.24, 2.45) is 0 Å². The van der Waals surface area contributed by atoms with Gasteiger partial charge in [0.15, 0.2) is 0 Å². The third kappa shape index (κ3) is 4.57. The summed E-state index contributed by atoms with van der Waals surface area (Å²) in [7, 11) is -1.23. The molecule has 0 aromatic heterocycles. The zero-order valence-electron chi connectivity index (χ0n) is 11.2. The number of anilines is 2. The summed E-state index contributed by atoms with van der Waals surface area (Å²) < 4.78 is 17.3. The van der Waals surface area contributed by atoms with Crippen LogP contribution in [0, 0.1) is 0 Å². The molecule has 0 bridgehead atoms. The molecule has 2 rings (SSSR count). The number of nitrogen functional groups attached to an aromatic ring is 1. The first-order chi connectivity index (χ1) is 9.97. The zero-order chi connectivity index (χ0) is 15.4. The lowest BCUT2D eigenvalue weighted by atomic mass is 10.2. The summed E-state index contributed by atoms with van der Waals surface area (Å²) in [6.45, 7) is 1.18. The van der Waals surface area contributed by atoms with Gasteiger partial charge in [-0.2, -0.15) is 0 Å². The smallest absolute Gasteiger partial charge is 0.237 e. The van der Waals surface area contributed by atoms with Gasteiger partial charge in [0.1, 0.15) is 5.75 Å². The van der Waals surface area contributed by atoms with Crippen LogP contribution in [-0.2, 0) is 20.3 Å². The third-order valence-corrected chi connectivity index (χ3v) is 5.50. The normalized spacial score (nSPS) is 17.4. The highest BCUT2D eigenvalue weighted by Gasteiger charge is 2.22. The number of ether oxygens (including phenoxy) is 1. The second kappa shape index (κ2) is 7.45. The minimum absolute atomic E-state index is 0.00172. The first kappa shape index (κ1) is 16.5. The molecule has 21 heavy (non-hydrogen) atoms. The van der Waals surface area contributed by atoms with E-state index in [1.54, 1.807) is 0 Å². The summed E-state index contributed by atoms with van der Waals surface area (Å²) in [5, 5.41) is 3.10. The Labute approximate surface area is 135 Å². The average molecular weight is 351 g/mol. The molecule has 1 heterocycles. The lowest BCUT2D eigenvalue weighted by Gasteiger charge is -2.21. The van der Waals surface area contributed by atoms with E-state index in [0.29, 0.717) is 37.4 Å². The van der Waals surface area contributed by atoms with Gasteiger partial charge in [-0.25, -0.2) is 0 Å². The largest absolute Gasteiger partial charge is 0.399 e. The van der Waals surface area contributed by atoms with Crippen molar-refractivity contribution in [1.29, 1.82) is 0 Å². The van der Waals surface area contributed by atoms with Crippen LogP contribution in [0.1, 0.15) is 12.8 Å². The van der Waals surface area contributed by atoms with Crippen molar-refractivity contribution in [1.82, 2.24) is 0 Å². The minimum Gasteiger partial charge on any atom is -0.399 e. The van der Waals surface area contributed by atoms with Crippen molar-refractivity contribution < 1.29 is 13.7 Å². The second-order valence-corrected chi connectivity index (χ2v) is 7.28. The van der Waals surface area contributed by atoms with Crippen molar-refractivity contribution in [3.8, 4) is 0 Å². The van der Waals surface area contributed by atoms with Gasteiger partial charge in [0.2, 0.25) is 5.91 Å². The molecular formula is C13H16Cl2N2O3S. The maximum Gasteiger partial charge on any atom is 0.237 e. The Morgan fingerprint density at radius 2 is 1.90 bits per heavy atom. The molecule has 116 valence electrons. The van der Waals surface area contributed by atoms with Gasteiger partial charge in [-0.15, -0.1) is 0 Å². The molecule has 1 saturated heterocycles. The number of hydrogen-bond donors (Lipinski definition) is 2. The van der Waals surface area contributed by atoms with Crippen LogP contribution in [0.15, 0.2) is 12.1 Å². The molecule has 1 unspecified atom stereocenters. The van der Waals surface area contributed by atoms with Gasteiger partial charge >= 0.3 is 0 Å². The van der Waals surface area contributed by atoms with Crippen molar-refractivity contribution >= 4 is 51.3 Å². The van der Waals surface area contributed by atoms with Gasteiger partial charge < -0.3 is 15.8 Å². The molecule has 8 heteroatoms. The highest BCUT2D eigenvalue weighted by atomic mass is 35.5. The molecule has 0 aliphatic carbocycles. The number of carbonyl (C=O) groups is 1. The van der Waals surface area contributed by atoms with Crippen molar-refractivity contribution in [2.45, 2.75) is 18.1 Å². The van der Waals surface area contributed by atoms with E-state index in [9.17, 15) is 9.00 Å². The number of nitrogens with one attached hydrogen (secondary N) is 1. The summed E-state index contributed by atoms with van der Waals surface area (Å²) in [5.41, 5.74) is 6.30. The van der Waals surface area contributed by atoms with Gasteiger partial charge in [-0.1, -0.05) is 23.2 Å². The summed E-state index contributed by atoms with van der Waals surface area (Å²) in [4.78, 5) is 12.0. The number of hydrogen-bond acceptors (Lipinski definition) is 4. The Balaban J connectivity index is 1.97.